The third-order valence-corrected chi connectivity index (χ3v) is 6.77. The summed E-state index contributed by atoms with van der Waals surface area (Å²) in [4.78, 5) is 6.04. The van der Waals surface area contributed by atoms with Crippen LogP contribution in [0.1, 0.15) is 35.1 Å². The lowest BCUT2D eigenvalue weighted by Gasteiger charge is -2.45. The zero-order valence-corrected chi connectivity index (χ0v) is 16.0. The molecule has 1 aliphatic heterocycles. The lowest BCUT2D eigenvalue weighted by atomic mass is 9.72. The largest absolute Gasteiger partial charge is 0.361 e. The summed E-state index contributed by atoms with van der Waals surface area (Å²) in [5.41, 5.74) is 6.61. The van der Waals surface area contributed by atoms with Crippen LogP contribution in [0.4, 0.5) is 0 Å². The van der Waals surface area contributed by atoms with Gasteiger partial charge in [-0.3, -0.25) is 0 Å². The zero-order chi connectivity index (χ0) is 18.7. The van der Waals surface area contributed by atoms with Crippen LogP contribution in [0.3, 0.4) is 0 Å². The fourth-order valence-electron chi connectivity index (χ4n) is 5.44. The average molecular weight is 368 g/mol. The minimum absolute atomic E-state index is 0.465. The molecule has 0 spiro atoms. The maximum Gasteiger partial charge on any atom is 0.0672 e. The van der Waals surface area contributed by atoms with E-state index in [1.54, 1.807) is 0 Å². The van der Waals surface area contributed by atoms with Gasteiger partial charge in [0, 0.05) is 47.7 Å². The van der Waals surface area contributed by atoms with Crippen LogP contribution in [-0.2, 0) is 6.42 Å². The topological polar surface area (TPSA) is 36.9 Å². The molecule has 4 heteroatoms. The molecule has 1 N–H and O–H groups in total. The number of piperidine rings is 1. The number of likely N-dealkylation sites (tertiary alicyclic amines) is 1. The minimum atomic E-state index is 0.465. The van der Waals surface area contributed by atoms with Gasteiger partial charge >= 0.3 is 0 Å². The van der Waals surface area contributed by atoms with Crippen LogP contribution < -0.4 is 0 Å². The number of rotatable bonds is 2. The highest BCUT2D eigenvalue weighted by Gasteiger charge is 2.40. The minimum Gasteiger partial charge on any atom is -0.361 e. The molecule has 0 bridgehead atoms. The van der Waals surface area contributed by atoms with Gasteiger partial charge in [-0.2, -0.15) is 5.10 Å². The second-order valence-electron chi connectivity index (χ2n) is 8.35. The number of benzene rings is 2. The molecule has 2 aromatic carbocycles. The summed E-state index contributed by atoms with van der Waals surface area (Å²) >= 11 is 0. The van der Waals surface area contributed by atoms with Crippen molar-refractivity contribution in [3.63, 3.8) is 0 Å². The van der Waals surface area contributed by atoms with Gasteiger partial charge in [-0.25, -0.2) is 4.68 Å². The number of aromatic nitrogens is 3. The second kappa shape index (κ2) is 6.08. The summed E-state index contributed by atoms with van der Waals surface area (Å²) < 4.78 is 2.01. The van der Waals surface area contributed by atoms with Gasteiger partial charge in [0.25, 0.3) is 0 Å². The molecule has 1 unspecified atom stereocenters. The summed E-state index contributed by atoms with van der Waals surface area (Å²) in [5, 5.41) is 6.41. The summed E-state index contributed by atoms with van der Waals surface area (Å²) in [6.45, 7) is 1.07. The van der Waals surface area contributed by atoms with E-state index >= 15 is 0 Å². The lowest BCUT2D eigenvalue weighted by molar-refractivity contribution is 0.138. The fourth-order valence-corrected chi connectivity index (χ4v) is 5.44. The smallest absolute Gasteiger partial charge is 0.0672 e. The number of fused-ring (bicyclic) bond motifs is 2. The first kappa shape index (κ1) is 16.1. The highest BCUT2D eigenvalue weighted by atomic mass is 15.3. The normalized spacial score (nSPS) is 24.4. The Labute approximate surface area is 164 Å². The summed E-state index contributed by atoms with van der Waals surface area (Å²) in [7, 11) is 2.29. The number of likely N-dealkylation sites (N-methyl/N-ethyl adjacent to an activating group) is 1. The third kappa shape index (κ3) is 2.38. The third-order valence-electron chi connectivity index (χ3n) is 6.77. The molecule has 1 fully saturated rings. The van der Waals surface area contributed by atoms with Crippen LogP contribution in [0.15, 0.2) is 67.0 Å². The number of H-pyrrole nitrogens is 1. The highest BCUT2D eigenvalue weighted by Crippen LogP contribution is 2.46. The Morgan fingerprint density at radius 2 is 1.93 bits per heavy atom. The monoisotopic (exact) mass is 368 g/mol. The molecule has 4 aromatic rings. The number of nitrogens with one attached hydrogen (secondary N) is 1. The number of para-hydroxylation sites is 1. The van der Waals surface area contributed by atoms with Crippen molar-refractivity contribution < 1.29 is 0 Å². The van der Waals surface area contributed by atoms with E-state index in [1.807, 2.05) is 10.7 Å². The van der Waals surface area contributed by atoms with Crippen molar-refractivity contribution in [3.8, 4) is 5.69 Å². The Bertz CT molecular complexity index is 1140. The van der Waals surface area contributed by atoms with Crippen molar-refractivity contribution in [1.82, 2.24) is 19.7 Å². The molecular weight excluding hydrogens is 344 g/mol. The van der Waals surface area contributed by atoms with Gasteiger partial charge in [0.2, 0.25) is 0 Å². The second-order valence-corrected chi connectivity index (χ2v) is 8.35. The van der Waals surface area contributed by atoms with E-state index in [-0.39, 0.29) is 0 Å². The molecule has 1 aliphatic carbocycles. The summed E-state index contributed by atoms with van der Waals surface area (Å²) in [5.74, 6) is 1.03. The fraction of sp³-hybridized carbons (Fsp3) is 0.292. The van der Waals surface area contributed by atoms with Crippen LogP contribution in [0.5, 0.6) is 0 Å². The van der Waals surface area contributed by atoms with Crippen LogP contribution >= 0.6 is 0 Å². The SMILES string of the molecule is CN1C[C@H](c2ccn(-c3ccccc3)n2)CC2c3cccc4[nH]cc(c34)C[C@H]21. The Morgan fingerprint density at radius 3 is 2.82 bits per heavy atom. The molecule has 0 radical (unpaired) electrons. The van der Waals surface area contributed by atoms with Crippen LogP contribution in [0.25, 0.3) is 16.6 Å². The molecule has 6 rings (SSSR count). The molecule has 2 aromatic heterocycles. The predicted molar refractivity (Wildman–Crippen MR) is 112 cm³/mol. The molecule has 28 heavy (non-hydrogen) atoms. The highest BCUT2D eigenvalue weighted by molar-refractivity contribution is 5.88. The molecule has 0 amide bonds. The Hall–Kier alpha value is -2.85. The van der Waals surface area contributed by atoms with E-state index in [2.05, 4.69) is 77.9 Å². The molecule has 3 atom stereocenters. The van der Waals surface area contributed by atoms with E-state index in [0.29, 0.717) is 17.9 Å². The number of hydrogen-bond donors (Lipinski definition) is 1. The van der Waals surface area contributed by atoms with Crippen molar-refractivity contribution in [2.75, 3.05) is 13.6 Å². The Morgan fingerprint density at radius 1 is 1.04 bits per heavy atom. The standard InChI is InChI=1S/C24H24N4/c1-27-15-17(21-10-11-28(26-21)18-6-3-2-4-7-18)12-20-19-8-5-9-22-24(19)16(14-25-22)13-23(20)27/h2-11,14,17,20,23,25H,12-13,15H2,1H3/t17-,20?,23-/m1/s1. The first-order chi connectivity index (χ1) is 13.8. The van der Waals surface area contributed by atoms with E-state index in [0.717, 1.165) is 18.7 Å². The predicted octanol–water partition coefficient (Wildman–Crippen LogP) is 4.48. The van der Waals surface area contributed by atoms with Gasteiger partial charge in [-0.05, 0) is 55.3 Å². The summed E-state index contributed by atoms with van der Waals surface area (Å²) in [6.07, 6.45) is 6.63. The van der Waals surface area contributed by atoms with Gasteiger partial charge in [0.15, 0.2) is 0 Å². The van der Waals surface area contributed by atoms with Gasteiger partial charge in [0.05, 0.1) is 11.4 Å². The van der Waals surface area contributed by atoms with Crippen molar-refractivity contribution >= 4 is 10.9 Å². The van der Waals surface area contributed by atoms with E-state index in [9.17, 15) is 0 Å². The first-order valence-electron chi connectivity index (χ1n) is 10.2. The van der Waals surface area contributed by atoms with Crippen LogP contribution in [0.2, 0.25) is 0 Å². The van der Waals surface area contributed by atoms with E-state index in [1.165, 1.54) is 34.1 Å². The average Bonchev–Trinajstić information content (AvgIpc) is 3.38. The number of aromatic amines is 1. The van der Waals surface area contributed by atoms with Gasteiger partial charge in [0.1, 0.15) is 0 Å². The first-order valence-corrected chi connectivity index (χ1v) is 10.2. The maximum absolute atomic E-state index is 4.94. The van der Waals surface area contributed by atoms with Crippen molar-refractivity contribution in [2.45, 2.75) is 30.7 Å². The van der Waals surface area contributed by atoms with Crippen LogP contribution in [-0.4, -0.2) is 39.3 Å². The molecule has 0 saturated carbocycles. The molecule has 140 valence electrons. The van der Waals surface area contributed by atoms with Crippen molar-refractivity contribution in [3.05, 3.63) is 83.8 Å². The molecule has 4 nitrogen and oxygen atoms in total. The summed E-state index contributed by atoms with van der Waals surface area (Å²) in [6, 6.07) is 19.9. The Kier molecular flexibility index (Phi) is 3.50. The molecule has 1 saturated heterocycles. The molecule has 3 heterocycles. The van der Waals surface area contributed by atoms with E-state index < -0.39 is 0 Å². The van der Waals surface area contributed by atoms with Gasteiger partial charge < -0.3 is 9.88 Å². The van der Waals surface area contributed by atoms with Crippen LogP contribution in [0, 0.1) is 0 Å². The zero-order valence-electron chi connectivity index (χ0n) is 16.0. The lowest BCUT2D eigenvalue weighted by Crippen LogP contribution is -2.47. The van der Waals surface area contributed by atoms with Crippen molar-refractivity contribution in [2.24, 2.45) is 0 Å². The molecule has 2 aliphatic rings. The number of hydrogen-bond acceptors (Lipinski definition) is 2. The van der Waals surface area contributed by atoms with Gasteiger partial charge in [-0.1, -0.05) is 30.3 Å². The van der Waals surface area contributed by atoms with Gasteiger partial charge in [-0.15, -0.1) is 0 Å². The maximum atomic E-state index is 4.94. The molecular formula is C24H24N4. The number of nitrogens with zero attached hydrogens (tertiary/aromatic N) is 3. The van der Waals surface area contributed by atoms with E-state index in [4.69, 9.17) is 5.10 Å². The quantitative estimate of drug-likeness (QED) is 0.566. The Balaban J connectivity index is 1.36. The van der Waals surface area contributed by atoms with Crippen molar-refractivity contribution in [1.29, 1.82) is 0 Å².